The first-order valence-corrected chi connectivity index (χ1v) is 5.55. The van der Waals surface area contributed by atoms with Crippen molar-refractivity contribution in [3.8, 4) is 0 Å². The van der Waals surface area contributed by atoms with Crippen LogP contribution in [-0.4, -0.2) is 55.5 Å². The van der Waals surface area contributed by atoms with Gasteiger partial charge in [-0.15, -0.1) is 0 Å². The Morgan fingerprint density at radius 2 is 1.81 bits per heavy atom. The number of nitrogens with zero attached hydrogens (tertiary/aromatic N) is 2. The quantitative estimate of drug-likeness (QED) is 0.684. The molecule has 1 atom stereocenters. The lowest BCUT2D eigenvalue weighted by Gasteiger charge is -2.24. The van der Waals surface area contributed by atoms with Gasteiger partial charge in [0.2, 0.25) is 6.41 Å². The Hall–Kier alpha value is -1.26. The van der Waals surface area contributed by atoms with Crippen molar-refractivity contribution in [2.75, 3.05) is 27.2 Å². The van der Waals surface area contributed by atoms with Crippen LogP contribution in [-0.2, 0) is 4.79 Å². The molecule has 0 radical (unpaired) electrons. The fourth-order valence-corrected chi connectivity index (χ4v) is 0.934. The molecule has 5 heteroatoms. The SMILES string of the molecule is CC(C)[C@@H](C)NC(=O)N(C)CCN(C)C=O. The summed E-state index contributed by atoms with van der Waals surface area (Å²) in [5.74, 6) is 0.412. The van der Waals surface area contributed by atoms with E-state index in [9.17, 15) is 9.59 Å². The molecule has 0 saturated carbocycles. The molecule has 0 aromatic carbocycles. The van der Waals surface area contributed by atoms with Crippen molar-refractivity contribution in [3.63, 3.8) is 0 Å². The third kappa shape index (κ3) is 5.58. The molecule has 0 fully saturated rings. The van der Waals surface area contributed by atoms with Crippen molar-refractivity contribution in [1.29, 1.82) is 0 Å². The molecule has 16 heavy (non-hydrogen) atoms. The summed E-state index contributed by atoms with van der Waals surface area (Å²) in [6.07, 6.45) is 0.752. The summed E-state index contributed by atoms with van der Waals surface area (Å²) in [5, 5.41) is 2.90. The predicted octanol–water partition coefficient (Wildman–Crippen LogP) is 0.761. The molecule has 0 aromatic heterocycles. The van der Waals surface area contributed by atoms with Crippen LogP contribution < -0.4 is 5.32 Å². The summed E-state index contributed by atoms with van der Waals surface area (Å²) in [5.41, 5.74) is 0. The van der Waals surface area contributed by atoms with E-state index in [-0.39, 0.29) is 12.1 Å². The normalized spacial score (nSPS) is 12.1. The van der Waals surface area contributed by atoms with Crippen LogP contribution in [0, 0.1) is 5.92 Å². The zero-order valence-corrected chi connectivity index (χ0v) is 10.9. The first kappa shape index (κ1) is 14.7. The molecule has 0 unspecified atom stereocenters. The first-order chi connectivity index (χ1) is 7.38. The maximum Gasteiger partial charge on any atom is 0.317 e. The lowest BCUT2D eigenvalue weighted by molar-refractivity contribution is -0.117. The van der Waals surface area contributed by atoms with Gasteiger partial charge in [0.1, 0.15) is 0 Å². The highest BCUT2D eigenvalue weighted by molar-refractivity contribution is 5.74. The van der Waals surface area contributed by atoms with Crippen molar-refractivity contribution < 1.29 is 9.59 Å². The average molecular weight is 229 g/mol. The van der Waals surface area contributed by atoms with Gasteiger partial charge in [-0.05, 0) is 12.8 Å². The number of nitrogens with one attached hydrogen (secondary N) is 1. The van der Waals surface area contributed by atoms with Gasteiger partial charge in [0.15, 0.2) is 0 Å². The third-order valence-corrected chi connectivity index (χ3v) is 2.67. The number of likely N-dealkylation sites (N-methyl/N-ethyl adjacent to an activating group) is 2. The minimum Gasteiger partial charge on any atom is -0.347 e. The van der Waals surface area contributed by atoms with Gasteiger partial charge in [0, 0.05) is 33.2 Å². The number of hydrogen-bond donors (Lipinski definition) is 1. The molecule has 0 saturated heterocycles. The molecular formula is C11H23N3O2. The Morgan fingerprint density at radius 1 is 1.25 bits per heavy atom. The third-order valence-electron chi connectivity index (χ3n) is 2.67. The van der Waals surface area contributed by atoms with Gasteiger partial charge in [-0.25, -0.2) is 4.79 Å². The maximum atomic E-state index is 11.7. The van der Waals surface area contributed by atoms with E-state index in [1.807, 2.05) is 6.92 Å². The molecule has 0 aliphatic heterocycles. The van der Waals surface area contributed by atoms with Gasteiger partial charge >= 0.3 is 6.03 Å². The molecule has 3 amide bonds. The van der Waals surface area contributed by atoms with Gasteiger partial charge in [0.05, 0.1) is 0 Å². The highest BCUT2D eigenvalue weighted by Gasteiger charge is 2.14. The van der Waals surface area contributed by atoms with Crippen molar-refractivity contribution in [2.24, 2.45) is 5.92 Å². The van der Waals surface area contributed by atoms with E-state index in [1.54, 1.807) is 19.0 Å². The van der Waals surface area contributed by atoms with Crippen LogP contribution in [0.5, 0.6) is 0 Å². The number of carbonyl (C=O) groups excluding carboxylic acids is 2. The van der Waals surface area contributed by atoms with Crippen molar-refractivity contribution >= 4 is 12.4 Å². The average Bonchev–Trinajstić information content (AvgIpc) is 2.24. The second-order valence-corrected chi connectivity index (χ2v) is 4.49. The van der Waals surface area contributed by atoms with E-state index in [4.69, 9.17) is 0 Å². The van der Waals surface area contributed by atoms with E-state index >= 15 is 0 Å². The topological polar surface area (TPSA) is 52.7 Å². The van der Waals surface area contributed by atoms with Crippen LogP contribution in [0.1, 0.15) is 20.8 Å². The van der Waals surface area contributed by atoms with Gasteiger partial charge in [-0.2, -0.15) is 0 Å². The Kier molecular flexibility index (Phi) is 6.53. The molecule has 0 bridgehead atoms. The standard InChI is InChI=1S/C11H23N3O2/c1-9(2)10(3)12-11(16)14(5)7-6-13(4)8-15/h8-10H,6-7H2,1-5H3,(H,12,16)/t10-/m1/s1. The number of hydrogen-bond acceptors (Lipinski definition) is 2. The number of urea groups is 1. The van der Waals surface area contributed by atoms with E-state index in [0.29, 0.717) is 19.0 Å². The monoisotopic (exact) mass is 229 g/mol. The smallest absolute Gasteiger partial charge is 0.317 e. The molecule has 0 aromatic rings. The molecule has 1 N–H and O–H groups in total. The van der Waals surface area contributed by atoms with Crippen LogP contribution in [0.25, 0.3) is 0 Å². The van der Waals surface area contributed by atoms with Crippen LogP contribution in [0.2, 0.25) is 0 Å². The lowest BCUT2D eigenvalue weighted by Crippen LogP contribution is -2.45. The highest BCUT2D eigenvalue weighted by Crippen LogP contribution is 2.00. The van der Waals surface area contributed by atoms with Crippen LogP contribution in [0.15, 0.2) is 0 Å². The molecule has 0 spiro atoms. The van der Waals surface area contributed by atoms with E-state index in [1.165, 1.54) is 4.90 Å². The zero-order chi connectivity index (χ0) is 12.7. The Bertz CT molecular complexity index is 231. The second-order valence-electron chi connectivity index (χ2n) is 4.49. The predicted molar refractivity (Wildman–Crippen MR) is 64.2 cm³/mol. The minimum atomic E-state index is -0.0968. The van der Waals surface area contributed by atoms with Crippen molar-refractivity contribution in [2.45, 2.75) is 26.8 Å². The molecule has 5 nitrogen and oxygen atoms in total. The lowest BCUT2D eigenvalue weighted by atomic mass is 10.1. The fourth-order valence-electron chi connectivity index (χ4n) is 0.934. The van der Waals surface area contributed by atoms with Crippen LogP contribution >= 0.6 is 0 Å². The van der Waals surface area contributed by atoms with Gasteiger partial charge < -0.3 is 15.1 Å². The Morgan fingerprint density at radius 3 is 2.25 bits per heavy atom. The Labute approximate surface area is 97.8 Å². The summed E-state index contributed by atoms with van der Waals surface area (Å²) in [6.45, 7) is 7.18. The summed E-state index contributed by atoms with van der Waals surface area (Å²) in [7, 11) is 3.41. The molecule has 0 rings (SSSR count). The minimum absolute atomic E-state index is 0.0968. The summed E-state index contributed by atoms with van der Waals surface area (Å²) in [6, 6.07) is 0.0549. The molecule has 0 aliphatic rings. The van der Waals surface area contributed by atoms with Crippen LogP contribution in [0.4, 0.5) is 4.79 Å². The molecular weight excluding hydrogens is 206 g/mol. The van der Waals surface area contributed by atoms with E-state index in [2.05, 4.69) is 19.2 Å². The van der Waals surface area contributed by atoms with Gasteiger partial charge in [-0.1, -0.05) is 13.8 Å². The Balaban J connectivity index is 3.94. The number of rotatable bonds is 6. The summed E-state index contributed by atoms with van der Waals surface area (Å²) >= 11 is 0. The van der Waals surface area contributed by atoms with Gasteiger partial charge in [0.25, 0.3) is 0 Å². The summed E-state index contributed by atoms with van der Waals surface area (Å²) in [4.78, 5) is 25.1. The number of amides is 3. The second kappa shape index (κ2) is 7.09. The van der Waals surface area contributed by atoms with E-state index in [0.717, 1.165) is 6.41 Å². The first-order valence-electron chi connectivity index (χ1n) is 5.55. The largest absolute Gasteiger partial charge is 0.347 e. The van der Waals surface area contributed by atoms with Gasteiger partial charge in [-0.3, -0.25) is 4.79 Å². The van der Waals surface area contributed by atoms with Crippen molar-refractivity contribution in [3.05, 3.63) is 0 Å². The van der Waals surface area contributed by atoms with Crippen molar-refractivity contribution in [1.82, 2.24) is 15.1 Å². The molecule has 94 valence electrons. The number of carbonyl (C=O) groups is 2. The molecule has 0 heterocycles. The fraction of sp³-hybridized carbons (Fsp3) is 0.818. The maximum absolute atomic E-state index is 11.7. The molecule has 0 aliphatic carbocycles. The zero-order valence-electron chi connectivity index (χ0n) is 10.9. The van der Waals surface area contributed by atoms with Crippen LogP contribution in [0.3, 0.4) is 0 Å². The van der Waals surface area contributed by atoms with E-state index < -0.39 is 0 Å². The highest BCUT2D eigenvalue weighted by atomic mass is 16.2. The summed E-state index contributed by atoms with van der Waals surface area (Å²) < 4.78 is 0.